The molecule has 612 valence electrons. The summed E-state index contributed by atoms with van der Waals surface area (Å²) in [5, 5.41) is 20.0. The van der Waals surface area contributed by atoms with Gasteiger partial charge in [-0.3, -0.25) is 0 Å². The molecule has 0 unspecified atom stereocenters. The molecule has 20 heteroatoms. The van der Waals surface area contributed by atoms with Crippen LogP contribution in [-0.2, 0) is 28.4 Å². The molecule has 0 atom stereocenters. The van der Waals surface area contributed by atoms with Crippen LogP contribution >= 0.6 is 57.0 Å². The van der Waals surface area contributed by atoms with Crippen molar-refractivity contribution in [2.24, 2.45) is 0 Å². The summed E-state index contributed by atoms with van der Waals surface area (Å²) in [5.41, 5.74) is 13.1. The summed E-state index contributed by atoms with van der Waals surface area (Å²) in [5.74, 6) is 7.78. The molecule has 3 saturated heterocycles. The van der Waals surface area contributed by atoms with Crippen LogP contribution in [0.25, 0.3) is 11.1 Å². The van der Waals surface area contributed by atoms with Gasteiger partial charge in [0.05, 0.1) is 39.3 Å². The number of methoxy groups -OCH3 is 7. The fourth-order valence-electron chi connectivity index (χ4n) is 11.1. The van der Waals surface area contributed by atoms with Gasteiger partial charge in [-0.15, -0.1) is 0 Å². The van der Waals surface area contributed by atoms with Crippen LogP contribution in [0.2, 0.25) is 0 Å². The van der Waals surface area contributed by atoms with Crippen LogP contribution in [0.4, 0.5) is 0 Å². The number of benzene rings is 9. The van der Waals surface area contributed by atoms with Crippen molar-refractivity contribution in [1.29, 1.82) is 0 Å². The number of rotatable bonds is 21. The van der Waals surface area contributed by atoms with Crippen molar-refractivity contribution in [2.75, 3.05) is 110 Å². The van der Waals surface area contributed by atoms with Gasteiger partial charge in [0.2, 0.25) is 0 Å². The summed E-state index contributed by atoms with van der Waals surface area (Å²) in [6.45, 7) is 32.7. The Morgan fingerprint density at radius 3 is 1.14 bits per heavy atom. The number of para-hydroxylation sites is 3. The lowest BCUT2D eigenvalue weighted by Gasteiger charge is -2.21. The molecule has 12 rings (SSSR count). The van der Waals surface area contributed by atoms with Crippen LogP contribution in [0.1, 0.15) is 162 Å². The van der Waals surface area contributed by atoms with E-state index in [0.29, 0.717) is 41.7 Å². The molecule has 0 aromatic heterocycles. The third-order valence-corrected chi connectivity index (χ3v) is 22.3. The van der Waals surface area contributed by atoms with Gasteiger partial charge in [-0.2, -0.15) is 0 Å². The van der Waals surface area contributed by atoms with Gasteiger partial charge >= 0.3 is 7.12 Å². The molecule has 9 aromatic rings. The number of halogens is 3. The zero-order valence-electron chi connectivity index (χ0n) is 69.8. The van der Waals surface area contributed by atoms with Crippen LogP contribution in [0.5, 0.6) is 40.2 Å². The Bertz CT molecular complexity index is 3820. The normalized spacial score (nSPS) is 12.2. The fourth-order valence-corrected chi connectivity index (χ4v) is 15.9. The van der Waals surface area contributed by atoms with Crippen LogP contribution < -0.4 is 49.2 Å². The van der Waals surface area contributed by atoms with Gasteiger partial charge in [-0.25, -0.2) is 0 Å². The summed E-state index contributed by atoms with van der Waals surface area (Å²) in [6.07, 6.45) is 7.67. The van der Waals surface area contributed by atoms with Crippen molar-refractivity contribution in [3.05, 3.63) is 247 Å². The smallest absolute Gasteiger partial charge is 0.492 e. The average Bonchev–Trinajstić information content (AvgIpc) is 0.890. The van der Waals surface area contributed by atoms with Crippen LogP contribution in [0, 0.1) is 31.3 Å². The highest BCUT2D eigenvalue weighted by atomic mass is 127. The molecule has 0 saturated carbocycles. The molecule has 3 aliphatic rings. The van der Waals surface area contributed by atoms with E-state index in [1.807, 2.05) is 110 Å². The summed E-state index contributed by atoms with van der Waals surface area (Å²) in [6, 6.07) is 63.6. The van der Waals surface area contributed by atoms with E-state index in [-0.39, 0.29) is 13.6 Å². The highest BCUT2D eigenvalue weighted by molar-refractivity contribution is 14.1. The topological polar surface area (TPSA) is 160 Å². The molecule has 3 aliphatic heterocycles. The van der Waals surface area contributed by atoms with Crippen LogP contribution in [-0.4, -0.2) is 127 Å². The SMILES string of the molecule is C1CCOC1.C1CCOC1.C1CCOC1.CC(C)c1cccc(C(C)C)c1Br.COCOc1ccccc1.COCOc1ccccc1-c1c(C(C)C)cccc1C(C)C.COCOc1ccccc1B(O)O.COc1cccc(C)c1.COc1cccc(C)c1I.COc1cccc(C)c1P(Cl)c1c(C)cccc1OC. The van der Waals surface area contributed by atoms with E-state index in [4.69, 9.17) is 82.9 Å². The predicted molar refractivity (Wildman–Crippen MR) is 478 cm³/mol. The second kappa shape index (κ2) is 59.0. The van der Waals surface area contributed by atoms with Gasteiger partial charge in [0, 0.05) is 87.1 Å². The Kier molecular flexibility index (Phi) is 52.4. The van der Waals surface area contributed by atoms with Crippen LogP contribution in [0.3, 0.4) is 0 Å². The zero-order valence-corrected chi connectivity index (χ0v) is 75.1. The number of hydrogen-bond acceptors (Lipinski definition) is 15. The van der Waals surface area contributed by atoms with Crippen molar-refractivity contribution >= 4 is 80.2 Å². The second-order valence-electron chi connectivity index (χ2n) is 27.2. The Hall–Kier alpha value is -6.75. The van der Waals surface area contributed by atoms with E-state index in [1.54, 1.807) is 66.9 Å². The standard InChI is InChI=1S/C20H26O2.C16H18ClO2P.C12H17Br.C8H11BO4.C8H9IO.C8H10O2.C8H10O.3C4H8O/c1-14(2)16-10-8-11-17(15(3)4)20(16)18-9-6-7-12-19(18)22-13-21-5;1-11-7-5-9-13(18-3)15(11)20(17)16-12(2)8-6-10-14(16)19-4;1-8(2)10-6-5-7-11(9(3)4)12(10)13;1-12-6-13-8-5-3-2-4-7(8)9(10)11;1-6-4-3-5-7(10-2)8(6)9;1-9-7-10-8-5-3-2-4-6-8;1-7-4-3-5-8(6-7)9-2;3*1-2-4-5-3-1/h6-12,14-15H,13H2,1-5H3;5-10H,1-4H3;5-9H,1-4H3;2-5,10-11H,6H2,1H3;3-5H,1-2H3;2-6H,7H2,1H3;3-6H,1-2H3;3*1-4H2. The van der Waals surface area contributed by atoms with Crippen molar-refractivity contribution < 1.29 is 71.6 Å². The first kappa shape index (κ1) is 99.4. The maximum Gasteiger partial charge on any atom is 0.492 e. The molecule has 15 nitrogen and oxygen atoms in total. The highest BCUT2D eigenvalue weighted by Crippen LogP contribution is 2.47. The van der Waals surface area contributed by atoms with Crippen molar-refractivity contribution in [2.45, 2.75) is 145 Å². The maximum atomic E-state index is 8.94. The molecule has 9 aromatic carbocycles. The molecule has 2 N–H and O–H groups in total. The average molecular weight is 1760 g/mol. The second-order valence-corrected chi connectivity index (χ2v) is 31.5. The third kappa shape index (κ3) is 37.2. The molecule has 112 heavy (non-hydrogen) atoms. The van der Waals surface area contributed by atoms with Crippen molar-refractivity contribution in [3.8, 4) is 51.4 Å². The molecule has 0 spiro atoms. The zero-order chi connectivity index (χ0) is 82.6. The van der Waals surface area contributed by atoms with E-state index in [2.05, 4.69) is 181 Å². The van der Waals surface area contributed by atoms with Crippen LogP contribution in [0.15, 0.2) is 199 Å². The molecule has 0 aliphatic carbocycles. The van der Waals surface area contributed by atoms with E-state index >= 15 is 0 Å². The minimum atomic E-state index is -1.52. The molecule has 0 bridgehead atoms. The maximum absolute atomic E-state index is 8.94. The van der Waals surface area contributed by atoms with Gasteiger partial charge in [-0.1, -0.05) is 222 Å². The van der Waals surface area contributed by atoms with Crippen molar-refractivity contribution in [1.82, 2.24) is 0 Å². The molecular weight excluding hydrogens is 1630 g/mol. The lowest BCUT2D eigenvalue weighted by Crippen LogP contribution is -2.31. The first-order valence-electron chi connectivity index (χ1n) is 38.2. The number of ether oxygens (including phenoxy) is 13. The van der Waals surface area contributed by atoms with Gasteiger partial charge in [0.1, 0.15) is 40.2 Å². The van der Waals surface area contributed by atoms with Gasteiger partial charge in [-0.05, 0) is 217 Å². The minimum Gasteiger partial charge on any atom is -0.497 e. The lowest BCUT2D eigenvalue weighted by molar-refractivity contribution is 0.0510. The quantitative estimate of drug-likeness (QED) is 0.0302. The monoisotopic (exact) mass is 1750 g/mol. The van der Waals surface area contributed by atoms with E-state index in [9.17, 15) is 0 Å². The predicted octanol–water partition coefficient (Wildman–Crippen LogP) is 22.2. The summed E-state index contributed by atoms with van der Waals surface area (Å²) in [4.78, 5) is 0. The Balaban J connectivity index is 0.000000333. The Morgan fingerprint density at radius 1 is 0.402 bits per heavy atom. The summed E-state index contributed by atoms with van der Waals surface area (Å²) < 4.78 is 68.9. The minimum absolute atomic E-state index is 0.0870. The van der Waals surface area contributed by atoms with Gasteiger partial charge in [0.25, 0.3) is 0 Å². The summed E-state index contributed by atoms with van der Waals surface area (Å²) in [7, 11) is 8.89. The Labute approximate surface area is 699 Å². The number of aryl methyl sites for hydroxylation is 4. The van der Waals surface area contributed by atoms with E-state index in [1.165, 1.54) is 92.6 Å². The van der Waals surface area contributed by atoms with Gasteiger partial charge < -0.3 is 71.6 Å². The van der Waals surface area contributed by atoms with Crippen molar-refractivity contribution in [3.63, 3.8) is 0 Å². The lowest BCUT2D eigenvalue weighted by atomic mass is 9.80. The highest BCUT2D eigenvalue weighted by Gasteiger charge is 2.24. The third-order valence-electron chi connectivity index (χ3n) is 17.1. The molecule has 0 amide bonds. The first-order chi connectivity index (χ1) is 54.0. The molecular formula is C92H125BBrClIO15P. The summed E-state index contributed by atoms with van der Waals surface area (Å²) >= 11 is 12.8. The molecule has 0 radical (unpaired) electrons. The Morgan fingerprint density at radius 2 is 0.759 bits per heavy atom. The van der Waals surface area contributed by atoms with Gasteiger partial charge in [0.15, 0.2) is 20.4 Å². The fraction of sp³-hybridized carbons (Fsp3) is 0.413. The molecule has 3 heterocycles. The largest absolute Gasteiger partial charge is 0.497 e. The molecule has 3 fully saturated rings. The first-order valence-corrected chi connectivity index (χ1v) is 42.3. The van der Waals surface area contributed by atoms with E-state index < -0.39 is 14.4 Å². The van der Waals surface area contributed by atoms with E-state index in [0.717, 1.165) is 101 Å². The number of hydrogen-bond donors (Lipinski definition) is 2.